The standard InChI is InChI=1S/2C25H22O2P2.2CH3.Sn/c2*26-28(22-13-5-1-6-14-22,23-15-7-2-8-16-23)21-29(27,24-17-9-3-10-18-24)25-19-11-4-12-20-25;;;/h2*1-20H,21H2;2*1H3;/q;;2*-1;/p+4. The second kappa shape index (κ2) is 22.5. The van der Waals surface area contributed by atoms with Crippen molar-refractivity contribution >= 4 is 94.9 Å². The number of rotatable bonds is 12. The predicted molar refractivity (Wildman–Crippen MR) is 272 cm³/mol. The molecule has 0 saturated heterocycles. The molecule has 0 spiro atoms. The van der Waals surface area contributed by atoms with E-state index >= 15 is 0 Å². The van der Waals surface area contributed by atoms with Gasteiger partial charge >= 0.3 is 0 Å². The van der Waals surface area contributed by atoms with Gasteiger partial charge in [0.2, 0.25) is 0 Å². The van der Waals surface area contributed by atoms with E-state index in [1.165, 1.54) is 0 Å². The van der Waals surface area contributed by atoms with E-state index in [-0.39, 0.29) is 38.8 Å². The van der Waals surface area contributed by atoms with Crippen molar-refractivity contribution in [2.45, 2.75) is 0 Å². The normalized spacial score (nSPS) is 11.3. The van der Waals surface area contributed by atoms with Crippen LogP contribution in [0.25, 0.3) is 0 Å². The van der Waals surface area contributed by atoms with E-state index < -0.39 is 28.6 Å². The fourth-order valence-electron chi connectivity index (χ4n) is 7.24. The van der Waals surface area contributed by atoms with Gasteiger partial charge in [0.1, 0.15) is 0 Å². The molecule has 4 radical (unpaired) electrons. The molecule has 0 saturated carbocycles. The fraction of sp³-hybridized carbons (Fsp3) is 0.0385. The first-order valence-electron chi connectivity index (χ1n) is 19.1. The van der Waals surface area contributed by atoms with Gasteiger partial charge in [0.25, 0.3) is 28.6 Å². The molecule has 8 aromatic rings. The summed E-state index contributed by atoms with van der Waals surface area (Å²) >= 11 is 0. The van der Waals surface area contributed by atoms with Crippen molar-refractivity contribution in [1.82, 2.24) is 0 Å². The Morgan fingerprint density at radius 3 is 0.410 bits per heavy atom. The van der Waals surface area contributed by atoms with E-state index in [4.69, 9.17) is 0 Å². The smallest absolute Gasteiger partial charge is 0.298 e. The van der Waals surface area contributed by atoms with Crippen LogP contribution in [0.2, 0.25) is 0 Å². The Bertz CT molecular complexity index is 2150. The van der Waals surface area contributed by atoms with Gasteiger partial charge in [-0.1, -0.05) is 146 Å². The van der Waals surface area contributed by atoms with Crippen molar-refractivity contribution in [2.24, 2.45) is 0 Å². The fourth-order valence-corrected chi connectivity index (χ4v) is 23.7. The molecule has 0 fully saturated rings. The van der Waals surface area contributed by atoms with E-state index in [0.717, 1.165) is 42.4 Å². The molecule has 4 N–H and O–H groups in total. The van der Waals surface area contributed by atoms with Gasteiger partial charge in [-0.3, -0.25) is 0 Å². The van der Waals surface area contributed by atoms with Crippen molar-refractivity contribution in [2.75, 3.05) is 11.8 Å². The molecule has 0 bridgehead atoms. The van der Waals surface area contributed by atoms with Crippen molar-refractivity contribution in [1.29, 1.82) is 0 Å². The molecular weight excluding hydrogens is 931 g/mol. The summed E-state index contributed by atoms with van der Waals surface area (Å²) in [5.41, 5.74) is 0. The molecule has 0 aromatic heterocycles. The van der Waals surface area contributed by atoms with Gasteiger partial charge < -0.3 is 33.1 Å². The SMILES string of the molecule is [CH3-].[CH3-].[OH+]=P(CP(=[OH+])(c1ccccc1)c1ccccc1)(c1ccccc1)c1ccccc1.[OH+]=P(CP(=[OH+])(c1ccccc1)c1ccccc1)(c1ccccc1)c1ccccc1.[Sn]. The van der Waals surface area contributed by atoms with Gasteiger partial charge in [0.15, 0.2) is 11.8 Å². The van der Waals surface area contributed by atoms with Gasteiger partial charge in [-0.25, -0.2) is 0 Å². The van der Waals surface area contributed by atoms with Gasteiger partial charge in [0, 0.05) is 23.9 Å². The molecule has 8 aromatic carbocycles. The number of benzene rings is 8. The Labute approximate surface area is 380 Å². The molecule has 8 rings (SSSR count). The molecule has 9 heteroatoms. The summed E-state index contributed by atoms with van der Waals surface area (Å²) in [6, 6.07) is 78.4. The Kier molecular flexibility index (Phi) is 18.2. The van der Waals surface area contributed by atoms with Crippen LogP contribution < -0.4 is 42.4 Å². The summed E-state index contributed by atoms with van der Waals surface area (Å²) in [5, 5.41) is 7.09. The molecule has 0 aliphatic rings. The molecule has 0 aliphatic carbocycles. The average Bonchev–Trinajstić information content (AvgIpc) is 3.31. The topological polar surface area (TPSA) is 85.6 Å². The molecule has 0 aliphatic heterocycles. The largest absolute Gasteiger partial charge is 0.358 e. The maximum atomic E-state index is 12.2. The van der Waals surface area contributed by atoms with Crippen molar-refractivity contribution in [3.63, 3.8) is 0 Å². The van der Waals surface area contributed by atoms with E-state index in [1.807, 2.05) is 243 Å². The van der Waals surface area contributed by atoms with Crippen molar-refractivity contribution in [3.05, 3.63) is 258 Å². The molecule has 0 heterocycles. The zero-order valence-electron chi connectivity index (χ0n) is 34.6. The van der Waals surface area contributed by atoms with Crippen molar-refractivity contribution in [3.8, 4) is 0 Å². The Morgan fingerprint density at radius 1 is 0.213 bits per heavy atom. The van der Waals surface area contributed by atoms with E-state index in [1.54, 1.807) is 0 Å². The molecule has 0 unspecified atom stereocenters. The first-order valence-corrected chi connectivity index (χ1v) is 26.8. The maximum Gasteiger partial charge on any atom is 0.298 e. The van der Waals surface area contributed by atoms with Crippen LogP contribution in [0.5, 0.6) is 0 Å². The third-order valence-corrected chi connectivity index (χ3v) is 26.1. The average molecular weight is 986 g/mol. The summed E-state index contributed by atoms with van der Waals surface area (Å²) in [6.45, 7) is 0. The van der Waals surface area contributed by atoms with Gasteiger partial charge in [-0.05, 0) is 97.1 Å². The van der Waals surface area contributed by atoms with Crippen LogP contribution in [0, 0.1) is 14.9 Å². The first kappa shape index (κ1) is 49.1. The monoisotopic (exact) mass is 986 g/mol. The molecule has 308 valence electrons. The first-order chi connectivity index (χ1) is 28.3. The van der Waals surface area contributed by atoms with Crippen LogP contribution in [-0.2, 0) is 0 Å². The van der Waals surface area contributed by atoms with E-state index in [2.05, 4.69) is 0 Å². The van der Waals surface area contributed by atoms with E-state index in [9.17, 15) is 18.3 Å². The van der Waals surface area contributed by atoms with Crippen LogP contribution >= 0.6 is 28.6 Å². The number of hydrogen-bond donors (Lipinski definition) is 0. The minimum absolute atomic E-state index is 0. The van der Waals surface area contributed by atoms with Crippen LogP contribution in [0.15, 0.2) is 243 Å². The zero-order chi connectivity index (χ0) is 40.3. The molecule has 0 atom stereocenters. The van der Waals surface area contributed by atoms with Crippen molar-refractivity contribution < 1.29 is 18.3 Å². The van der Waals surface area contributed by atoms with Gasteiger partial charge in [-0.15, -0.1) is 0 Å². The Hall–Kier alpha value is -4.52. The maximum absolute atomic E-state index is 12.2. The third kappa shape index (κ3) is 11.1. The summed E-state index contributed by atoms with van der Waals surface area (Å²) in [6.07, 6.45) is 0. The van der Waals surface area contributed by atoms with Gasteiger partial charge in [-0.2, -0.15) is 0 Å². The molecule has 0 amide bonds. The summed E-state index contributed by atoms with van der Waals surface area (Å²) in [5.74, 6) is 0.615. The summed E-state index contributed by atoms with van der Waals surface area (Å²) in [7, 11) is -11.3. The number of hydrogen-bond acceptors (Lipinski definition) is 0. The Morgan fingerprint density at radius 2 is 0.311 bits per heavy atom. The second-order valence-electron chi connectivity index (χ2n) is 14.0. The minimum Gasteiger partial charge on any atom is -0.358 e. The van der Waals surface area contributed by atoms with Crippen LogP contribution in [-0.4, -0.2) is 54.0 Å². The summed E-state index contributed by atoms with van der Waals surface area (Å²) < 4.78 is 48.8. The third-order valence-electron chi connectivity index (χ3n) is 10.3. The van der Waals surface area contributed by atoms with E-state index in [0.29, 0.717) is 11.8 Å². The predicted octanol–water partition coefficient (Wildman–Crippen LogP) is 10.2. The van der Waals surface area contributed by atoms with Crippen LogP contribution in [0.3, 0.4) is 0 Å². The summed E-state index contributed by atoms with van der Waals surface area (Å²) in [4.78, 5) is 0. The van der Waals surface area contributed by atoms with Crippen LogP contribution in [0.4, 0.5) is 0 Å². The minimum atomic E-state index is -2.83. The quantitative estimate of drug-likeness (QED) is 0.0506. The second-order valence-corrected chi connectivity index (χ2v) is 26.6. The van der Waals surface area contributed by atoms with Gasteiger partial charge in [0.05, 0.1) is 42.4 Å². The van der Waals surface area contributed by atoms with Crippen LogP contribution in [0.1, 0.15) is 0 Å². The molecular formula is C52H54O4P4Sn+2. The molecule has 61 heavy (non-hydrogen) atoms. The zero-order valence-corrected chi connectivity index (χ0v) is 41.0. The molecule has 4 nitrogen and oxygen atoms in total. The Balaban J connectivity index is 0.000000256.